The summed E-state index contributed by atoms with van der Waals surface area (Å²) in [6.45, 7) is 2.21. The van der Waals surface area contributed by atoms with E-state index in [-0.39, 0.29) is 0 Å². The molecule has 0 radical (unpaired) electrons. The van der Waals surface area contributed by atoms with Crippen molar-refractivity contribution in [1.29, 1.82) is 0 Å². The van der Waals surface area contributed by atoms with Crippen molar-refractivity contribution in [3.8, 4) is 0 Å². The molecule has 1 aliphatic rings. The Bertz CT molecular complexity index is 199. The lowest BCUT2D eigenvalue weighted by molar-refractivity contribution is -0.119. The Kier molecular flexibility index (Phi) is 6.38. The van der Waals surface area contributed by atoms with Gasteiger partial charge in [0.1, 0.15) is 0 Å². The average Bonchev–Trinajstić information content (AvgIpc) is 2.30. The molecule has 0 heterocycles. The molecule has 0 aromatic carbocycles. The van der Waals surface area contributed by atoms with Gasteiger partial charge in [0.15, 0.2) is 5.78 Å². The normalized spacial score (nSPS) is 18.5. The van der Waals surface area contributed by atoms with E-state index in [0.717, 1.165) is 19.3 Å². The van der Waals surface area contributed by atoms with Crippen LogP contribution in [-0.4, -0.2) is 5.78 Å². The summed E-state index contributed by atoms with van der Waals surface area (Å²) in [6.07, 6.45) is 14.8. The molecule has 86 valence electrons. The van der Waals surface area contributed by atoms with Gasteiger partial charge >= 0.3 is 0 Å². The Hall–Kier alpha value is -0.590. The highest BCUT2D eigenvalue weighted by Crippen LogP contribution is 2.24. The third-order valence-corrected chi connectivity index (χ3v) is 3.26. The molecule has 0 bridgehead atoms. The van der Waals surface area contributed by atoms with Crippen molar-refractivity contribution in [3.63, 3.8) is 0 Å². The number of hydrogen-bond donors (Lipinski definition) is 0. The Morgan fingerprint density at radius 2 is 1.93 bits per heavy atom. The minimum absolute atomic E-state index is 0.348. The number of rotatable bonds is 6. The second kappa shape index (κ2) is 7.67. The highest BCUT2D eigenvalue weighted by Gasteiger charge is 2.18. The fourth-order valence-corrected chi connectivity index (χ4v) is 2.23. The molecule has 1 aliphatic carbocycles. The molecular weight excluding hydrogens is 184 g/mol. The Balaban J connectivity index is 2.15. The van der Waals surface area contributed by atoms with Crippen LogP contribution in [0.3, 0.4) is 0 Å². The van der Waals surface area contributed by atoms with Crippen LogP contribution >= 0.6 is 0 Å². The van der Waals surface area contributed by atoms with Gasteiger partial charge in [-0.1, -0.05) is 45.1 Å². The van der Waals surface area contributed by atoms with Gasteiger partial charge in [-0.05, 0) is 31.8 Å². The van der Waals surface area contributed by atoms with Crippen LogP contribution in [0.2, 0.25) is 0 Å². The molecule has 0 aromatic rings. The largest absolute Gasteiger partial charge is 0.295 e. The van der Waals surface area contributed by atoms with Crippen LogP contribution in [0.4, 0.5) is 0 Å². The zero-order valence-corrected chi connectivity index (χ0v) is 10.0. The van der Waals surface area contributed by atoms with Crippen LogP contribution in [0, 0.1) is 5.92 Å². The first-order chi connectivity index (χ1) is 7.34. The van der Waals surface area contributed by atoms with Crippen molar-refractivity contribution in [2.45, 2.75) is 64.7 Å². The van der Waals surface area contributed by atoms with Crippen molar-refractivity contribution >= 4 is 5.78 Å². The molecule has 0 unspecified atom stereocenters. The van der Waals surface area contributed by atoms with Gasteiger partial charge in [0.05, 0.1) is 0 Å². The van der Waals surface area contributed by atoms with Gasteiger partial charge in [0, 0.05) is 5.92 Å². The topological polar surface area (TPSA) is 17.1 Å². The quantitative estimate of drug-likeness (QED) is 0.470. The number of carbonyl (C=O) groups is 1. The first-order valence-corrected chi connectivity index (χ1v) is 6.55. The van der Waals surface area contributed by atoms with Crippen molar-refractivity contribution < 1.29 is 4.79 Å². The second-order valence-electron chi connectivity index (χ2n) is 4.64. The number of ketones is 1. The van der Waals surface area contributed by atoms with Crippen molar-refractivity contribution in [2.24, 2.45) is 5.92 Å². The predicted molar refractivity (Wildman–Crippen MR) is 64.9 cm³/mol. The van der Waals surface area contributed by atoms with E-state index in [0.29, 0.717) is 11.7 Å². The zero-order valence-electron chi connectivity index (χ0n) is 10.0. The van der Waals surface area contributed by atoms with E-state index in [1.54, 1.807) is 0 Å². The third kappa shape index (κ3) is 5.15. The summed E-state index contributed by atoms with van der Waals surface area (Å²) in [4.78, 5) is 11.7. The summed E-state index contributed by atoms with van der Waals surface area (Å²) in [6, 6.07) is 0. The lowest BCUT2D eigenvalue weighted by Gasteiger charge is -2.18. The minimum Gasteiger partial charge on any atom is -0.295 e. The summed E-state index contributed by atoms with van der Waals surface area (Å²) in [5.41, 5.74) is 0. The molecule has 0 N–H and O–H groups in total. The van der Waals surface area contributed by atoms with Crippen LogP contribution in [0.5, 0.6) is 0 Å². The van der Waals surface area contributed by atoms with Crippen LogP contribution < -0.4 is 0 Å². The highest BCUT2D eigenvalue weighted by molar-refractivity contribution is 5.91. The smallest absolute Gasteiger partial charge is 0.158 e. The van der Waals surface area contributed by atoms with Gasteiger partial charge in [-0.25, -0.2) is 0 Å². The molecule has 1 nitrogen and oxygen atoms in total. The summed E-state index contributed by atoms with van der Waals surface area (Å²) in [5, 5.41) is 0. The summed E-state index contributed by atoms with van der Waals surface area (Å²) >= 11 is 0. The van der Waals surface area contributed by atoms with Crippen LogP contribution in [0.15, 0.2) is 12.2 Å². The van der Waals surface area contributed by atoms with Crippen LogP contribution in [0.1, 0.15) is 64.7 Å². The standard InChI is InChI=1S/C14H24O/c1-2-3-4-5-9-12-14(15)13-10-7-6-8-11-13/h9,12-13H,2-8,10-11H2,1H3/b12-9+. The lowest BCUT2D eigenvalue weighted by atomic mass is 9.86. The summed E-state index contributed by atoms with van der Waals surface area (Å²) < 4.78 is 0. The molecule has 1 fully saturated rings. The molecule has 1 saturated carbocycles. The van der Waals surface area contributed by atoms with E-state index < -0.39 is 0 Å². The van der Waals surface area contributed by atoms with E-state index in [9.17, 15) is 4.79 Å². The molecular formula is C14H24O. The molecule has 0 saturated heterocycles. The predicted octanol–water partition coefficient (Wildman–Crippen LogP) is 4.27. The maximum Gasteiger partial charge on any atom is 0.158 e. The van der Waals surface area contributed by atoms with Crippen molar-refractivity contribution in [2.75, 3.05) is 0 Å². The summed E-state index contributed by atoms with van der Waals surface area (Å²) in [5.74, 6) is 0.729. The van der Waals surface area contributed by atoms with Gasteiger partial charge < -0.3 is 0 Å². The van der Waals surface area contributed by atoms with Gasteiger partial charge in [-0.15, -0.1) is 0 Å². The average molecular weight is 208 g/mol. The van der Waals surface area contributed by atoms with Crippen molar-refractivity contribution in [1.82, 2.24) is 0 Å². The first-order valence-electron chi connectivity index (χ1n) is 6.55. The van der Waals surface area contributed by atoms with Crippen LogP contribution in [-0.2, 0) is 4.79 Å². The van der Waals surface area contributed by atoms with Crippen LogP contribution in [0.25, 0.3) is 0 Å². The Morgan fingerprint density at radius 1 is 1.20 bits per heavy atom. The molecule has 1 rings (SSSR count). The SMILES string of the molecule is CCCCC/C=C/C(=O)C1CCCCC1. The molecule has 15 heavy (non-hydrogen) atoms. The zero-order chi connectivity index (χ0) is 10.9. The molecule has 0 aliphatic heterocycles. The third-order valence-electron chi connectivity index (χ3n) is 3.26. The van der Waals surface area contributed by atoms with Gasteiger partial charge in [0.25, 0.3) is 0 Å². The maximum absolute atomic E-state index is 11.7. The fourth-order valence-electron chi connectivity index (χ4n) is 2.23. The lowest BCUT2D eigenvalue weighted by Crippen LogP contribution is -2.15. The molecule has 0 amide bonds. The Labute approximate surface area is 93.9 Å². The minimum atomic E-state index is 0.348. The molecule has 0 aromatic heterocycles. The molecule has 0 atom stereocenters. The van der Waals surface area contributed by atoms with Gasteiger partial charge in [-0.2, -0.15) is 0 Å². The summed E-state index contributed by atoms with van der Waals surface area (Å²) in [7, 11) is 0. The maximum atomic E-state index is 11.7. The van der Waals surface area contributed by atoms with E-state index >= 15 is 0 Å². The number of allylic oxidation sites excluding steroid dienone is 2. The highest BCUT2D eigenvalue weighted by atomic mass is 16.1. The van der Waals surface area contributed by atoms with Crippen molar-refractivity contribution in [3.05, 3.63) is 12.2 Å². The number of carbonyl (C=O) groups excluding carboxylic acids is 1. The Morgan fingerprint density at radius 3 is 2.60 bits per heavy atom. The van der Waals surface area contributed by atoms with E-state index in [4.69, 9.17) is 0 Å². The first kappa shape index (κ1) is 12.5. The molecule has 0 spiro atoms. The van der Waals surface area contributed by atoms with Gasteiger partial charge in [0.2, 0.25) is 0 Å². The molecule has 1 heteroatoms. The van der Waals surface area contributed by atoms with Gasteiger partial charge in [-0.3, -0.25) is 4.79 Å². The fraction of sp³-hybridized carbons (Fsp3) is 0.786. The van der Waals surface area contributed by atoms with E-state index in [1.807, 2.05) is 6.08 Å². The monoisotopic (exact) mass is 208 g/mol. The van der Waals surface area contributed by atoms with E-state index in [2.05, 4.69) is 13.0 Å². The van der Waals surface area contributed by atoms with E-state index in [1.165, 1.54) is 38.5 Å². The number of unbranched alkanes of at least 4 members (excludes halogenated alkanes) is 3. The number of hydrogen-bond acceptors (Lipinski definition) is 1. The second-order valence-corrected chi connectivity index (χ2v) is 4.64.